The Kier molecular flexibility index (Phi) is 2.64. The van der Waals surface area contributed by atoms with Gasteiger partial charge in [0.15, 0.2) is 0 Å². The van der Waals surface area contributed by atoms with Crippen LogP contribution in [0.15, 0.2) is 24.5 Å². The van der Waals surface area contributed by atoms with Crippen LogP contribution < -0.4 is 0 Å². The van der Waals surface area contributed by atoms with Gasteiger partial charge in [-0.1, -0.05) is 11.6 Å². The van der Waals surface area contributed by atoms with Gasteiger partial charge in [-0.25, -0.2) is 4.98 Å². The van der Waals surface area contributed by atoms with Crippen molar-refractivity contribution in [2.75, 3.05) is 6.54 Å². The van der Waals surface area contributed by atoms with Crippen molar-refractivity contribution in [3.05, 3.63) is 39.6 Å². The average molecular weight is 268 g/mol. The van der Waals surface area contributed by atoms with Crippen LogP contribution >= 0.6 is 22.9 Å². The molecule has 0 N–H and O–H groups in total. The second-order valence-electron chi connectivity index (χ2n) is 3.87. The molecule has 0 bridgehead atoms. The lowest BCUT2D eigenvalue weighted by molar-refractivity contribution is 0.0712. The van der Waals surface area contributed by atoms with Crippen molar-refractivity contribution < 1.29 is 4.79 Å². The van der Waals surface area contributed by atoms with Crippen molar-refractivity contribution in [2.24, 2.45) is 0 Å². The molecule has 88 valence electrons. The van der Waals surface area contributed by atoms with Crippen LogP contribution in [0.3, 0.4) is 0 Å². The molecule has 2 aromatic heterocycles. The lowest BCUT2D eigenvalue weighted by Gasteiger charge is -2.27. The summed E-state index contributed by atoms with van der Waals surface area (Å²) in [6, 6.07) is 3.53. The van der Waals surface area contributed by atoms with E-state index in [0.717, 1.165) is 18.9 Å². The zero-order chi connectivity index (χ0) is 11.8. The normalized spacial score (nSPS) is 14.8. The highest BCUT2D eigenvalue weighted by molar-refractivity contribution is 7.17. The van der Waals surface area contributed by atoms with E-state index in [-0.39, 0.29) is 5.91 Å². The van der Waals surface area contributed by atoms with Crippen molar-refractivity contribution >= 4 is 28.8 Å². The summed E-state index contributed by atoms with van der Waals surface area (Å²) in [5.41, 5.74) is 0. The molecule has 6 heteroatoms. The maximum absolute atomic E-state index is 12.2. The third kappa shape index (κ3) is 1.96. The Balaban J connectivity index is 1.81. The smallest absolute Gasteiger partial charge is 0.264 e. The van der Waals surface area contributed by atoms with Crippen molar-refractivity contribution in [3.8, 4) is 0 Å². The molecule has 0 aliphatic carbocycles. The molecule has 3 rings (SSSR count). The molecule has 2 aromatic rings. The molecule has 0 atom stereocenters. The third-order valence-electron chi connectivity index (χ3n) is 2.82. The quantitative estimate of drug-likeness (QED) is 0.795. The molecule has 0 unspecified atom stereocenters. The van der Waals surface area contributed by atoms with Gasteiger partial charge >= 0.3 is 0 Å². The lowest BCUT2D eigenvalue weighted by atomic mass is 10.3. The summed E-state index contributed by atoms with van der Waals surface area (Å²) >= 11 is 7.16. The van der Waals surface area contributed by atoms with Gasteiger partial charge in [-0.05, 0) is 12.1 Å². The van der Waals surface area contributed by atoms with E-state index in [9.17, 15) is 4.79 Å². The Morgan fingerprint density at radius 2 is 2.29 bits per heavy atom. The van der Waals surface area contributed by atoms with E-state index in [2.05, 4.69) is 9.55 Å². The molecule has 1 aliphatic heterocycles. The number of aromatic nitrogens is 2. The Morgan fingerprint density at radius 3 is 3.06 bits per heavy atom. The van der Waals surface area contributed by atoms with Gasteiger partial charge in [-0.2, -0.15) is 0 Å². The first-order valence-electron chi connectivity index (χ1n) is 5.28. The van der Waals surface area contributed by atoms with E-state index < -0.39 is 0 Å². The number of thiophene rings is 1. The van der Waals surface area contributed by atoms with E-state index in [1.807, 2.05) is 11.1 Å². The number of amides is 1. The highest BCUT2D eigenvalue weighted by atomic mass is 35.5. The summed E-state index contributed by atoms with van der Waals surface area (Å²) in [7, 11) is 0. The van der Waals surface area contributed by atoms with Gasteiger partial charge in [0.25, 0.3) is 5.91 Å². The summed E-state index contributed by atoms with van der Waals surface area (Å²) in [5.74, 6) is 0.975. The summed E-state index contributed by atoms with van der Waals surface area (Å²) in [5, 5.41) is 0. The van der Waals surface area contributed by atoms with Crippen molar-refractivity contribution in [2.45, 2.75) is 13.1 Å². The van der Waals surface area contributed by atoms with Crippen LogP contribution in [-0.2, 0) is 13.1 Å². The van der Waals surface area contributed by atoms with Crippen LogP contribution in [0.2, 0.25) is 4.34 Å². The maximum atomic E-state index is 12.2. The molecule has 0 fully saturated rings. The van der Waals surface area contributed by atoms with Crippen LogP contribution in [0.4, 0.5) is 0 Å². The molecular formula is C11H10ClN3OS. The van der Waals surface area contributed by atoms with E-state index >= 15 is 0 Å². The van der Waals surface area contributed by atoms with Crippen LogP contribution in [0.25, 0.3) is 0 Å². The van der Waals surface area contributed by atoms with Gasteiger partial charge in [0.2, 0.25) is 0 Å². The standard InChI is InChI=1S/C11H10ClN3OS/c12-9-2-1-8(17-9)11(16)15-6-5-14-4-3-13-10(14)7-15/h1-4H,5-7H2. The summed E-state index contributed by atoms with van der Waals surface area (Å²) in [4.78, 5) is 18.9. The number of nitrogens with zero attached hydrogens (tertiary/aromatic N) is 3. The van der Waals surface area contributed by atoms with Crippen LogP contribution in [0, 0.1) is 0 Å². The molecule has 3 heterocycles. The first kappa shape index (κ1) is 10.8. The Morgan fingerprint density at radius 1 is 1.41 bits per heavy atom. The molecule has 4 nitrogen and oxygen atoms in total. The molecule has 0 saturated carbocycles. The van der Waals surface area contributed by atoms with E-state index in [0.29, 0.717) is 15.8 Å². The molecule has 0 radical (unpaired) electrons. The van der Waals surface area contributed by atoms with Crippen LogP contribution in [-0.4, -0.2) is 26.9 Å². The SMILES string of the molecule is O=C(c1ccc(Cl)s1)N1CCn2ccnc2C1. The zero-order valence-electron chi connectivity index (χ0n) is 8.97. The molecular weight excluding hydrogens is 258 g/mol. The summed E-state index contributed by atoms with van der Waals surface area (Å²) in [6.45, 7) is 2.10. The van der Waals surface area contributed by atoms with E-state index in [4.69, 9.17) is 11.6 Å². The fourth-order valence-electron chi connectivity index (χ4n) is 1.93. The Hall–Kier alpha value is -1.33. The molecule has 1 amide bonds. The lowest BCUT2D eigenvalue weighted by Crippen LogP contribution is -2.37. The highest BCUT2D eigenvalue weighted by Crippen LogP contribution is 2.24. The molecule has 1 aliphatic rings. The second-order valence-corrected chi connectivity index (χ2v) is 5.58. The van der Waals surface area contributed by atoms with Gasteiger partial charge < -0.3 is 9.47 Å². The van der Waals surface area contributed by atoms with Crippen molar-refractivity contribution in [1.82, 2.24) is 14.5 Å². The van der Waals surface area contributed by atoms with Gasteiger partial charge in [0.1, 0.15) is 5.82 Å². The number of fused-ring (bicyclic) bond motifs is 1. The number of hydrogen-bond acceptors (Lipinski definition) is 3. The predicted molar refractivity (Wildman–Crippen MR) is 66.3 cm³/mol. The number of rotatable bonds is 1. The fraction of sp³-hybridized carbons (Fsp3) is 0.273. The van der Waals surface area contributed by atoms with Gasteiger partial charge in [-0.3, -0.25) is 4.79 Å². The second kappa shape index (κ2) is 4.16. The van der Waals surface area contributed by atoms with Crippen LogP contribution in [0.5, 0.6) is 0 Å². The monoisotopic (exact) mass is 267 g/mol. The minimum Gasteiger partial charge on any atom is -0.332 e. The minimum atomic E-state index is 0.0381. The summed E-state index contributed by atoms with van der Waals surface area (Å²) < 4.78 is 2.72. The predicted octanol–water partition coefficient (Wildman–Crippen LogP) is 2.25. The van der Waals surface area contributed by atoms with Crippen LogP contribution in [0.1, 0.15) is 15.5 Å². The van der Waals surface area contributed by atoms with Gasteiger partial charge in [0.05, 0.1) is 15.8 Å². The zero-order valence-corrected chi connectivity index (χ0v) is 10.5. The number of halogens is 1. The minimum absolute atomic E-state index is 0.0381. The molecule has 0 aromatic carbocycles. The topological polar surface area (TPSA) is 38.1 Å². The average Bonchev–Trinajstić information content (AvgIpc) is 2.95. The number of hydrogen-bond donors (Lipinski definition) is 0. The Bertz CT molecular complexity index is 563. The number of carbonyl (C=O) groups is 1. The highest BCUT2D eigenvalue weighted by Gasteiger charge is 2.23. The Labute approximate surface area is 107 Å². The van der Waals surface area contributed by atoms with Crippen molar-refractivity contribution in [1.29, 1.82) is 0 Å². The molecule has 0 saturated heterocycles. The van der Waals surface area contributed by atoms with Gasteiger partial charge in [-0.15, -0.1) is 11.3 Å². The van der Waals surface area contributed by atoms with Crippen molar-refractivity contribution in [3.63, 3.8) is 0 Å². The fourth-order valence-corrected chi connectivity index (χ4v) is 2.94. The molecule has 0 spiro atoms. The molecule has 17 heavy (non-hydrogen) atoms. The maximum Gasteiger partial charge on any atom is 0.264 e. The largest absolute Gasteiger partial charge is 0.332 e. The number of carbonyl (C=O) groups excluding carboxylic acids is 1. The van der Waals surface area contributed by atoms with E-state index in [1.165, 1.54) is 11.3 Å². The first-order valence-corrected chi connectivity index (χ1v) is 6.48. The third-order valence-corrected chi connectivity index (χ3v) is 4.04. The van der Waals surface area contributed by atoms with Gasteiger partial charge in [0, 0.05) is 25.5 Å². The van der Waals surface area contributed by atoms with E-state index in [1.54, 1.807) is 18.3 Å². The summed E-state index contributed by atoms with van der Waals surface area (Å²) in [6.07, 6.45) is 3.71. The number of imidazole rings is 1. The first-order chi connectivity index (χ1) is 8.24.